The smallest absolute Gasteiger partial charge is 0.134 e. The third-order valence-electron chi connectivity index (χ3n) is 3.86. The van der Waals surface area contributed by atoms with Crippen LogP contribution in [0.2, 0.25) is 0 Å². The van der Waals surface area contributed by atoms with Crippen LogP contribution in [-0.2, 0) is 6.42 Å². The fraction of sp³-hybridized carbons (Fsp3) is 0.0526. The normalized spacial score (nSPS) is 12.6. The lowest BCUT2D eigenvalue weighted by molar-refractivity contribution is 0.581. The van der Waals surface area contributed by atoms with Gasteiger partial charge in [0.1, 0.15) is 5.76 Å². The average Bonchev–Trinajstić information content (AvgIpc) is 2.94. The van der Waals surface area contributed by atoms with E-state index in [1.165, 1.54) is 27.8 Å². The molecule has 1 aliphatic carbocycles. The summed E-state index contributed by atoms with van der Waals surface area (Å²) in [6, 6.07) is 18.9. The average molecular weight is 258 g/mol. The van der Waals surface area contributed by atoms with E-state index in [9.17, 15) is 0 Å². The first-order valence-corrected chi connectivity index (χ1v) is 6.83. The Bertz CT molecular complexity index is 779. The van der Waals surface area contributed by atoms with Gasteiger partial charge < -0.3 is 4.42 Å². The molecule has 0 aliphatic heterocycles. The summed E-state index contributed by atoms with van der Waals surface area (Å²) in [6.45, 7) is 0. The lowest BCUT2D eigenvalue weighted by Gasteiger charge is -2.10. The van der Waals surface area contributed by atoms with Crippen molar-refractivity contribution >= 4 is 12.2 Å². The summed E-state index contributed by atoms with van der Waals surface area (Å²) in [6.07, 6.45) is 7.07. The molecule has 0 atom stereocenters. The van der Waals surface area contributed by atoms with E-state index in [2.05, 4.69) is 54.6 Å². The van der Waals surface area contributed by atoms with Crippen molar-refractivity contribution < 1.29 is 4.42 Å². The van der Waals surface area contributed by atoms with Crippen LogP contribution in [0.25, 0.3) is 23.5 Å². The largest absolute Gasteiger partial charge is 0.464 e. The first-order valence-electron chi connectivity index (χ1n) is 6.83. The molecule has 96 valence electrons. The third kappa shape index (κ3) is 1.79. The minimum atomic E-state index is 0.939. The van der Waals surface area contributed by atoms with Gasteiger partial charge in [-0.1, -0.05) is 54.6 Å². The fourth-order valence-electron chi connectivity index (χ4n) is 2.85. The maximum absolute atomic E-state index is 5.59. The van der Waals surface area contributed by atoms with Crippen molar-refractivity contribution in [3.8, 4) is 11.3 Å². The lowest BCUT2D eigenvalue weighted by atomic mass is 9.94. The minimum Gasteiger partial charge on any atom is -0.464 e. The molecule has 1 heterocycles. The predicted octanol–water partition coefficient (Wildman–Crippen LogP) is 5.02. The highest BCUT2D eigenvalue weighted by atomic mass is 16.3. The molecule has 20 heavy (non-hydrogen) atoms. The van der Waals surface area contributed by atoms with Gasteiger partial charge in [-0.25, -0.2) is 0 Å². The highest BCUT2D eigenvalue weighted by Gasteiger charge is 2.14. The standard InChI is InChI=1S/C19H14O/c1-2-6-16-13-18-15(11-10-14(16)5-1)7-3-8-17(18)19-9-4-12-20-19/h1-12H,13H2. The Morgan fingerprint density at radius 1 is 0.750 bits per heavy atom. The van der Waals surface area contributed by atoms with Crippen molar-refractivity contribution in [3.05, 3.63) is 83.1 Å². The summed E-state index contributed by atoms with van der Waals surface area (Å²) < 4.78 is 5.59. The summed E-state index contributed by atoms with van der Waals surface area (Å²) in [5.41, 5.74) is 6.46. The Hall–Kier alpha value is -2.54. The number of rotatable bonds is 1. The SMILES string of the molecule is C1=Cc2cccc(-c3ccco3)c2Cc2ccccc21. The molecule has 0 unspecified atom stereocenters. The third-order valence-corrected chi connectivity index (χ3v) is 3.86. The van der Waals surface area contributed by atoms with E-state index in [0.29, 0.717) is 0 Å². The molecule has 1 nitrogen and oxygen atoms in total. The number of benzene rings is 2. The maximum Gasteiger partial charge on any atom is 0.134 e. The molecule has 0 fully saturated rings. The van der Waals surface area contributed by atoms with Gasteiger partial charge in [-0.3, -0.25) is 0 Å². The predicted molar refractivity (Wildman–Crippen MR) is 82.3 cm³/mol. The Kier molecular flexibility index (Phi) is 2.56. The van der Waals surface area contributed by atoms with Gasteiger partial charge in [0.25, 0.3) is 0 Å². The van der Waals surface area contributed by atoms with E-state index in [1.54, 1.807) is 6.26 Å². The van der Waals surface area contributed by atoms with Crippen molar-refractivity contribution in [2.75, 3.05) is 0 Å². The van der Waals surface area contributed by atoms with Crippen LogP contribution in [0.15, 0.2) is 65.3 Å². The second kappa shape index (κ2) is 4.53. The van der Waals surface area contributed by atoms with Crippen molar-refractivity contribution in [1.29, 1.82) is 0 Å². The van der Waals surface area contributed by atoms with Crippen LogP contribution < -0.4 is 0 Å². The molecule has 3 aromatic rings. The highest BCUT2D eigenvalue weighted by molar-refractivity contribution is 5.79. The van der Waals surface area contributed by atoms with Crippen molar-refractivity contribution in [1.82, 2.24) is 0 Å². The molecular weight excluding hydrogens is 244 g/mol. The number of hydrogen-bond donors (Lipinski definition) is 0. The Balaban J connectivity index is 1.93. The highest BCUT2D eigenvalue weighted by Crippen LogP contribution is 2.32. The first-order chi connectivity index (χ1) is 9.92. The Morgan fingerprint density at radius 2 is 1.60 bits per heavy atom. The van der Waals surface area contributed by atoms with Crippen LogP contribution in [0.1, 0.15) is 22.3 Å². The number of hydrogen-bond acceptors (Lipinski definition) is 1. The van der Waals surface area contributed by atoms with Gasteiger partial charge in [-0.05, 0) is 40.8 Å². The molecule has 0 bridgehead atoms. The summed E-state index contributed by atoms with van der Waals surface area (Å²) in [5.74, 6) is 0.939. The van der Waals surface area contributed by atoms with Gasteiger partial charge in [0, 0.05) is 5.56 Å². The van der Waals surface area contributed by atoms with Crippen LogP contribution >= 0.6 is 0 Å². The molecule has 4 rings (SSSR count). The van der Waals surface area contributed by atoms with E-state index in [1.807, 2.05) is 12.1 Å². The summed E-state index contributed by atoms with van der Waals surface area (Å²) in [4.78, 5) is 0. The van der Waals surface area contributed by atoms with Crippen LogP contribution in [0.5, 0.6) is 0 Å². The zero-order valence-corrected chi connectivity index (χ0v) is 11.0. The van der Waals surface area contributed by atoms with Crippen LogP contribution in [-0.4, -0.2) is 0 Å². The van der Waals surface area contributed by atoms with Crippen LogP contribution in [0.3, 0.4) is 0 Å². The molecule has 1 aromatic heterocycles. The molecule has 0 N–H and O–H groups in total. The molecule has 0 saturated heterocycles. The van der Waals surface area contributed by atoms with Gasteiger partial charge in [-0.15, -0.1) is 0 Å². The van der Waals surface area contributed by atoms with Crippen molar-refractivity contribution in [2.24, 2.45) is 0 Å². The number of furan rings is 1. The lowest BCUT2D eigenvalue weighted by Crippen LogP contribution is -1.95. The topological polar surface area (TPSA) is 13.1 Å². The van der Waals surface area contributed by atoms with E-state index < -0.39 is 0 Å². The molecule has 0 amide bonds. The van der Waals surface area contributed by atoms with Crippen LogP contribution in [0.4, 0.5) is 0 Å². The fourth-order valence-corrected chi connectivity index (χ4v) is 2.85. The Morgan fingerprint density at radius 3 is 2.50 bits per heavy atom. The summed E-state index contributed by atoms with van der Waals surface area (Å²) in [5, 5.41) is 0. The molecule has 0 radical (unpaired) electrons. The quantitative estimate of drug-likeness (QED) is 0.467. The minimum absolute atomic E-state index is 0.939. The van der Waals surface area contributed by atoms with Crippen molar-refractivity contribution in [3.63, 3.8) is 0 Å². The van der Waals surface area contributed by atoms with Gasteiger partial charge >= 0.3 is 0 Å². The molecule has 0 saturated carbocycles. The zero-order chi connectivity index (χ0) is 13.4. The van der Waals surface area contributed by atoms with Gasteiger partial charge in [-0.2, -0.15) is 0 Å². The molecule has 0 spiro atoms. The first kappa shape index (κ1) is 11.3. The van der Waals surface area contributed by atoms with E-state index in [4.69, 9.17) is 4.42 Å². The van der Waals surface area contributed by atoms with Gasteiger partial charge in [0.15, 0.2) is 0 Å². The zero-order valence-electron chi connectivity index (χ0n) is 11.0. The van der Waals surface area contributed by atoms with Crippen molar-refractivity contribution in [2.45, 2.75) is 6.42 Å². The monoisotopic (exact) mass is 258 g/mol. The molecule has 2 aromatic carbocycles. The molecular formula is C19H14O. The van der Waals surface area contributed by atoms with Gasteiger partial charge in [0.05, 0.1) is 6.26 Å². The number of fused-ring (bicyclic) bond motifs is 2. The summed E-state index contributed by atoms with van der Waals surface area (Å²) in [7, 11) is 0. The van der Waals surface area contributed by atoms with E-state index in [-0.39, 0.29) is 0 Å². The summed E-state index contributed by atoms with van der Waals surface area (Å²) >= 11 is 0. The molecule has 1 aliphatic rings. The van der Waals surface area contributed by atoms with E-state index in [0.717, 1.165) is 12.2 Å². The second-order valence-corrected chi connectivity index (χ2v) is 5.06. The molecule has 1 heteroatoms. The van der Waals surface area contributed by atoms with Crippen LogP contribution in [0, 0.1) is 0 Å². The Labute approximate surface area is 118 Å². The van der Waals surface area contributed by atoms with Gasteiger partial charge in [0.2, 0.25) is 0 Å². The second-order valence-electron chi connectivity index (χ2n) is 5.06. The van der Waals surface area contributed by atoms with E-state index >= 15 is 0 Å². The maximum atomic E-state index is 5.59.